The van der Waals surface area contributed by atoms with Gasteiger partial charge >= 0.3 is 11.6 Å². The first-order valence-corrected chi connectivity index (χ1v) is 10.3. The highest BCUT2D eigenvalue weighted by Crippen LogP contribution is 2.28. The summed E-state index contributed by atoms with van der Waals surface area (Å²) in [6, 6.07) is 2.48. The van der Waals surface area contributed by atoms with Gasteiger partial charge in [-0.25, -0.2) is 9.59 Å². The van der Waals surface area contributed by atoms with E-state index in [4.69, 9.17) is 8.83 Å². The molecule has 0 radical (unpaired) electrons. The van der Waals surface area contributed by atoms with E-state index in [1.807, 2.05) is 26.8 Å². The minimum Gasteiger partial charge on any atom is -0.480 e. The lowest BCUT2D eigenvalue weighted by molar-refractivity contribution is -0.142. The van der Waals surface area contributed by atoms with E-state index in [2.05, 4.69) is 10.6 Å². The van der Waals surface area contributed by atoms with Gasteiger partial charge in [0.2, 0.25) is 11.8 Å². The van der Waals surface area contributed by atoms with Crippen molar-refractivity contribution in [3.05, 3.63) is 45.5 Å². The van der Waals surface area contributed by atoms with Gasteiger partial charge in [0.05, 0.1) is 24.8 Å². The predicted molar refractivity (Wildman–Crippen MR) is 117 cm³/mol. The Labute approximate surface area is 183 Å². The molecule has 3 rings (SSSR count). The molecule has 1 unspecified atom stereocenters. The van der Waals surface area contributed by atoms with Crippen LogP contribution in [-0.4, -0.2) is 35.5 Å². The number of carbonyl (C=O) groups excluding carboxylic acids is 2. The molecule has 0 fully saturated rings. The summed E-state index contributed by atoms with van der Waals surface area (Å²) >= 11 is 0. The van der Waals surface area contributed by atoms with Crippen LogP contribution in [-0.2, 0) is 20.8 Å². The van der Waals surface area contributed by atoms with Gasteiger partial charge in [-0.15, -0.1) is 0 Å². The summed E-state index contributed by atoms with van der Waals surface area (Å²) in [4.78, 5) is 48.2. The van der Waals surface area contributed by atoms with E-state index in [1.165, 1.54) is 0 Å². The van der Waals surface area contributed by atoms with Crippen LogP contribution in [0.2, 0.25) is 0 Å². The molecule has 2 amide bonds. The van der Waals surface area contributed by atoms with E-state index in [0.717, 1.165) is 10.9 Å². The van der Waals surface area contributed by atoms with Crippen LogP contribution in [0.3, 0.4) is 0 Å². The SMILES string of the molecule is Cc1coc2cc3oc(=O)c(CC(=O)NCC(=O)NC(CC(C)C)C(=O)O)c(C)c3cc12. The minimum absolute atomic E-state index is 0.0770. The van der Waals surface area contributed by atoms with E-state index >= 15 is 0 Å². The highest BCUT2D eigenvalue weighted by atomic mass is 16.4. The van der Waals surface area contributed by atoms with E-state index in [1.54, 1.807) is 19.3 Å². The van der Waals surface area contributed by atoms with Crippen molar-refractivity contribution >= 4 is 39.7 Å². The molecule has 0 saturated heterocycles. The van der Waals surface area contributed by atoms with Gasteiger partial charge in [0.15, 0.2) is 0 Å². The van der Waals surface area contributed by atoms with Crippen LogP contribution < -0.4 is 16.3 Å². The van der Waals surface area contributed by atoms with Crippen molar-refractivity contribution in [3.8, 4) is 0 Å². The maximum absolute atomic E-state index is 12.5. The molecule has 2 heterocycles. The normalized spacial score (nSPS) is 12.3. The molecule has 9 heteroatoms. The Morgan fingerprint density at radius 2 is 1.78 bits per heavy atom. The number of nitrogens with one attached hydrogen (secondary N) is 2. The zero-order valence-electron chi connectivity index (χ0n) is 18.4. The monoisotopic (exact) mass is 442 g/mol. The average Bonchev–Trinajstić information content (AvgIpc) is 3.07. The second kappa shape index (κ2) is 9.25. The Bertz CT molecular complexity index is 1250. The molecule has 32 heavy (non-hydrogen) atoms. The number of fused-ring (bicyclic) bond motifs is 2. The van der Waals surface area contributed by atoms with E-state index in [-0.39, 0.29) is 24.3 Å². The lowest BCUT2D eigenvalue weighted by atomic mass is 10.0. The topological polar surface area (TPSA) is 139 Å². The van der Waals surface area contributed by atoms with Gasteiger partial charge < -0.3 is 24.6 Å². The molecule has 1 aromatic carbocycles. The van der Waals surface area contributed by atoms with Crippen molar-refractivity contribution in [2.75, 3.05) is 6.54 Å². The fourth-order valence-electron chi connectivity index (χ4n) is 3.58. The van der Waals surface area contributed by atoms with Crippen LogP contribution in [0.1, 0.15) is 37.0 Å². The Morgan fingerprint density at radius 1 is 1.06 bits per heavy atom. The van der Waals surface area contributed by atoms with Crippen LogP contribution in [0.4, 0.5) is 0 Å². The van der Waals surface area contributed by atoms with Crippen LogP contribution in [0.5, 0.6) is 0 Å². The maximum Gasteiger partial charge on any atom is 0.340 e. The Morgan fingerprint density at radius 3 is 2.44 bits per heavy atom. The molecule has 170 valence electrons. The van der Waals surface area contributed by atoms with Crippen molar-refractivity contribution in [1.29, 1.82) is 0 Å². The number of carboxylic acids is 1. The Hall–Kier alpha value is -3.62. The second-order valence-electron chi connectivity index (χ2n) is 8.30. The van der Waals surface area contributed by atoms with Crippen molar-refractivity contribution in [1.82, 2.24) is 10.6 Å². The average molecular weight is 442 g/mol. The number of benzene rings is 1. The van der Waals surface area contributed by atoms with Gasteiger partial charge in [-0.2, -0.15) is 0 Å². The standard InChI is InChI=1S/C23H26N2O7/c1-11(2)5-17(22(28)29)25-21(27)9-24-20(26)7-16-13(4)15-6-14-12(3)10-31-18(14)8-19(15)32-23(16)30/h6,8,10-11,17H,5,7,9H2,1-4H3,(H,24,26)(H,25,27)(H,28,29). The fraction of sp³-hybridized carbons (Fsp3) is 0.391. The molecule has 0 aliphatic carbocycles. The summed E-state index contributed by atoms with van der Waals surface area (Å²) in [5, 5.41) is 15.6. The molecule has 0 aliphatic heterocycles. The Balaban J connectivity index is 1.72. The summed E-state index contributed by atoms with van der Waals surface area (Å²) in [7, 11) is 0. The number of furan rings is 1. The summed E-state index contributed by atoms with van der Waals surface area (Å²) in [6.45, 7) is 6.94. The van der Waals surface area contributed by atoms with E-state index < -0.39 is 36.0 Å². The molecule has 3 aromatic rings. The van der Waals surface area contributed by atoms with Gasteiger partial charge in [0.1, 0.15) is 17.2 Å². The second-order valence-corrected chi connectivity index (χ2v) is 8.30. The van der Waals surface area contributed by atoms with E-state index in [0.29, 0.717) is 22.1 Å². The van der Waals surface area contributed by atoms with Crippen molar-refractivity contribution < 1.29 is 28.3 Å². The molecule has 3 N–H and O–H groups in total. The molecule has 9 nitrogen and oxygen atoms in total. The van der Waals surface area contributed by atoms with Gasteiger partial charge in [0.25, 0.3) is 0 Å². The quantitative estimate of drug-likeness (QED) is 0.455. The molecule has 0 aliphatic rings. The highest BCUT2D eigenvalue weighted by molar-refractivity contribution is 5.97. The molecule has 0 spiro atoms. The third-order valence-corrected chi connectivity index (χ3v) is 5.30. The first-order valence-electron chi connectivity index (χ1n) is 10.3. The van der Waals surface area contributed by atoms with Crippen LogP contribution in [0.25, 0.3) is 21.9 Å². The number of aliphatic carboxylic acids is 1. The number of carboxylic acid groups (broad SMARTS) is 1. The summed E-state index contributed by atoms with van der Waals surface area (Å²) in [5.41, 5.74) is 2.07. The van der Waals surface area contributed by atoms with Gasteiger partial charge in [-0.05, 0) is 43.4 Å². The molecular formula is C23H26N2O7. The van der Waals surface area contributed by atoms with Crippen LogP contribution in [0.15, 0.2) is 32.0 Å². The molecule has 0 saturated carbocycles. The molecular weight excluding hydrogens is 416 g/mol. The first-order chi connectivity index (χ1) is 15.1. The van der Waals surface area contributed by atoms with Crippen molar-refractivity contribution in [2.24, 2.45) is 5.92 Å². The first kappa shape index (κ1) is 23.1. The van der Waals surface area contributed by atoms with Crippen LogP contribution in [0, 0.1) is 19.8 Å². The number of rotatable bonds is 8. The minimum atomic E-state index is -1.13. The number of hydrogen-bond acceptors (Lipinski definition) is 6. The highest BCUT2D eigenvalue weighted by Gasteiger charge is 2.22. The molecule has 0 bridgehead atoms. The Kier molecular flexibility index (Phi) is 6.67. The third kappa shape index (κ3) is 4.99. The zero-order valence-corrected chi connectivity index (χ0v) is 18.4. The van der Waals surface area contributed by atoms with E-state index in [9.17, 15) is 24.3 Å². The number of carbonyl (C=O) groups is 3. The van der Waals surface area contributed by atoms with Crippen molar-refractivity contribution in [3.63, 3.8) is 0 Å². The molecule has 2 aromatic heterocycles. The number of hydrogen-bond donors (Lipinski definition) is 3. The predicted octanol–water partition coefficient (Wildman–Crippen LogP) is 2.43. The molecule has 1 atom stereocenters. The number of aryl methyl sites for hydroxylation is 2. The third-order valence-electron chi connectivity index (χ3n) is 5.30. The fourth-order valence-corrected chi connectivity index (χ4v) is 3.58. The van der Waals surface area contributed by atoms with Gasteiger partial charge in [-0.1, -0.05) is 13.8 Å². The summed E-state index contributed by atoms with van der Waals surface area (Å²) in [5.74, 6) is -2.23. The summed E-state index contributed by atoms with van der Waals surface area (Å²) in [6.07, 6.45) is 1.62. The maximum atomic E-state index is 12.5. The van der Waals surface area contributed by atoms with Gasteiger partial charge in [0, 0.05) is 16.8 Å². The zero-order chi connectivity index (χ0) is 23.6. The van der Waals surface area contributed by atoms with Crippen LogP contribution >= 0.6 is 0 Å². The number of amides is 2. The lowest BCUT2D eigenvalue weighted by Crippen LogP contribution is -2.46. The largest absolute Gasteiger partial charge is 0.480 e. The van der Waals surface area contributed by atoms with Crippen molar-refractivity contribution in [2.45, 2.75) is 46.6 Å². The lowest BCUT2D eigenvalue weighted by Gasteiger charge is -2.16. The smallest absolute Gasteiger partial charge is 0.340 e. The summed E-state index contributed by atoms with van der Waals surface area (Å²) < 4.78 is 10.8. The van der Waals surface area contributed by atoms with Gasteiger partial charge in [-0.3, -0.25) is 9.59 Å².